The summed E-state index contributed by atoms with van der Waals surface area (Å²) in [4.78, 5) is 12.6. The maximum atomic E-state index is 12.6. The first kappa shape index (κ1) is 19.8. The predicted molar refractivity (Wildman–Crippen MR) is 120 cm³/mol. The lowest BCUT2D eigenvalue weighted by Crippen LogP contribution is -2.24. The average Bonchev–Trinajstić information content (AvgIpc) is 2.69. The van der Waals surface area contributed by atoms with Gasteiger partial charge in [-0.05, 0) is 55.5 Å². The fourth-order valence-electron chi connectivity index (χ4n) is 3.91. The summed E-state index contributed by atoms with van der Waals surface area (Å²) < 4.78 is 12.8. The molecule has 1 aliphatic heterocycles. The second-order valence-corrected chi connectivity index (χ2v) is 8.33. The lowest BCUT2D eigenvalue weighted by Gasteiger charge is -2.28. The van der Waals surface area contributed by atoms with Crippen LogP contribution in [0.25, 0.3) is 10.8 Å². The van der Waals surface area contributed by atoms with Gasteiger partial charge in [-0.25, -0.2) is 0 Å². The monoisotopic (exact) mass is 453 g/mol. The zero-order valence-electron chi connectivity index (χ0n) is 16.8. The van der Waals surface area contributed by atoms with Crippen molar-refractivity contribution in [3.63, 3.8) is 0 Å². The van der Waals surface area contributed by atoms with Crippen LogP contribution in [-0.4, -0.2) is 18.6 Å². The van der Waals surface area contributed by atoms with Gasteiger partial charge in [0.2, 0.25) is 5.91 Å². The Balaban J connectivity index is 1.85. The SMILES string of the molecule is CCOc1cc([C@@H]2CC(=O)Nc3c2cc(Br)c2ccccc32)ccc1OC(C)C. The molecule has 5 heteroatoms. The Kier molecular flexibility index (Phi) is 5.50. The van der Waals surface area contributed by atoms with Crippen LogP contribution in [0, 0.1) is 0 Å². The molecular weight excluding hydrogens is 430 g/mol. The van der Waals surface area contributed by atoms with Gasteiger partial charge in [0.25, 0.3) is 0 Å². The number of carbonyl (C=O) groups excluding carboxylic acids is 1. The van der Waals surface area contributed by atoms with Crippen LogP contribution in [0.2, 0.25) is 0 Å². The number of rotatable bonds is 5. The van der Waals surface area contributed by atoms with E-state index in [1.807, 2.05) is 57.2 Å². The molecule has 0 aliphatic carbocycles. The van der Waals surface area contributed by atoms with Crippen LogP contribution >= 0.6 is 15.9 Å². The van der Waals surface area contributed by atoms with Crippen LogP contribution in [0.5, 0.6) is 11.5 Å². The first-order valence-electron chi connectivity index (χ1n) is 9.92. The van der Waals surface area contributed by atoms with E-state index in [2.05, 4.69) is 33.4 Å². The predicted octanol–water partition coefficient (Wildman–Crippen LogP) is 6.26. The average molecular weight is 454 g/mol. The Hall–Kier alpha value is -2.53. The summed E-state index contributed by atoms with van der Waals surface area (Å²) in [5, 5.41) is 5.22. The second kappa shape index (κ2) is 8.07. The van der Waals surface area contributed by atoms with Crippen molar-refractivity contribution in [3.8, 4) is 11.5 Å². The Bertz CT molecular complexity index is 1080. The highest BCUT2D eigenvalue weighted by molar-refractivity contribution is 9.10. The number of nitrogens with one attached hydrogen (secondary N) is 1. The molecule has 4 nitrogen and oxygen atoms in total. The van der Waals surface area contributed by atoms with Gasteiger partial charge in [-0.2, -0.15) is 0 Å². The van der Waals surface area contributed by atoms with Crippen molar-refractivity contribution in [1.82, 2.24) is 0 Å². The minimum Gasteiger partial charge on any atom is -0.490 e. The molecule has 0 saturated carbocycles. The van der Waals surface area contributed by atoms with Crippen molar-refractivity contribution in [2.24, 2.45) is 0 Å². The van der Waals surface area contributed by atoms with Gasteiger partial charge in [0, 0.05) is 22.2 Å². The second-order valence-electron chi connectivity index (χ2n) is 7.48. The van der Waals surface area contributed by atoms with Crippen molar-refractivity contribution in [2.45, 2.75) is 39.2 Å². The number of hydrogen-bond acceptors (Lipinski definition) is 3. The minimum atomic E-state index is -0.0491. The molecule has 0 bridgehead atoms. The summed E-state index contributed by atoms with van der Waals surface area (Å²) in [7, 11) is 0. The number of anilines is 1. The van der Waals surface area contributed by atoms with E-state index < -0.39 is 0 Å². The fraction of sp³-hybridized carbons (Fsp3) is 0.292. The van der Waals surface area contributed by atoms with E-state index in [1.165, 1.54) is 0 Å². The third kappa shape index (κ3) is 3.84. The van der Waals surface area contributed by atoms with Crippen LogP contribution < -0.4 is 14.8 Å². The molecular formula is C24H24BrNO3. The molecule has 0 saturated heterocycles. The Morgan fingerprint density at radius 2 is 1.86 bits per heavy atom. The van der Waals surface area contributed by atoms with Crippen LogP contribution in [0.3, 0.4) is 0 Å². The summed E-state index contributed by atoms with van der Waals surface area (Å²) >= 11 is 3.71. The van der Waals surface area contributed by atoms with Crippen molar-refractivity contribution >= 4 is 38.3 Å². The minimum absolute atomic E-state index is 0.0236. The molecule has 1 atom stereocenters. The largest absolute Gasteiger partial charge is 0.490 e. The van der Waals surface area contributed by atoms with Gasteiger partial charge in [0.15, 0.2) is 11.5 Å². The highest BCUT2D eigenvalue weighted by Crippen LogP contribution is 2.45. The molecule has 0 radical (unpaired) electrons. The molecule has 1 N–H and O–H groups in total. The molecule has 1 aliphatic rings. The van der Waals surface area contributed by atoms with Crippen LogP contribution in [0.15, 0.2) is 53.0 Å². The lowest BCUT2D eigenvalue weighted by molar-refractivity contribution is -0.116. The first-order valence-corrected chi connectivity index (χ1v) is 10.7. The number of ether oxygens (including phenoxy) is 2. The molecule has 150 valence electrons. The Labute approximate surface area is 179 Å². The summed E-state index contributed by atoms with van der Waals surface area (Å²) in [6, 6.07) is 16.2. The summed E-state index contributed by atoms with van der Waals surface area (Å²) in [5.41, 5.74) is 3.04. The number of carbonyl (C=O) groups is 1. The molecule has 29 heavy (non-hydrogen) atoms. The molecule has 1 amide bonds. The van der Waals surface area contributed by atoms with E-state index >= 15 is 0 Å². The van der Waals surface area contributed by atoms with Gasteiger partial charge in [-0.1, -0.05) is 46.3 Å². The van der Waals surface area contributed by atoms with E-state index in [4.69, 9.17) is 9.47 Å². The van der Waals surface area contributed by atoms with E-state index in [9.17, 15) is 4.79 Å². The molecule has 3 aromatic carbocycles. The van der Waals surface area contributed by atoms with E-state index in [-0.39, 0.29) is 17.9 Å². The van der Waals surface area contributed by atoms with Crippen molar-refractivity contribution < 1.29 is 14.3 Å². The molecule has 0 fully saturated rings. The number of hydrogen-bond donors (Lipinski definition) is 1. The molecule has 3 aromatic rings. The molecule has 0 aromatic heterocycles. The van der Waals surface area contributed by atoms with Gasteiger partial charge in [0.05, 0.1) is 18.4 Å². The van der Waals surface area contributed by atoms with Gasteiger partial charge < -0.3 is 14.8 Å². The summed E-state index contributed by atoms with van der Waals surface area (Å²) in [5.74, 6) is 1.42. The maximum absolute atomic E-state index is 12.6. The zero-order valence-corrected chi connectivity index (χ0v) is 18.4. The third-order valence-electron chi connectivity index (χ3n) is 5.09. The van der Waals surface area contributed by atoms with E-state index in [0.717, 1.165) is 37.8 Å². The summed E-state index contributed by atoms with van der Waals surface area (Å²) in [6.07, 6.45) is 0.455. The molecule has 0 unspecified atom stereocenters. The quantitative estimate of drug-likeness (QED) is 0.495. The zero-order chi connectivity index (χ0) is 20.5. The third-order valence-corrected chi connectivity index (χ3v) is 5.74. The van der Waals surface area contributed by atoms with Gasteiger partial charge in [-0.3, -0.25) is 4.79 Å². The fourth-order valence-corrected chi connectivity index (χ4v) is 4.50. The van der Waals surface area contributed by atoms with Crippen molar-refractivity contribution in [2.75, 3.05) is 11.9 Å². The lowest BCUT2D eigenvalue weighted by atomic mass is 9.83. The highest BCUT2D eigenvalue weighted by Gasteiger charge is 2.29. The number of benzene rings is 3. The van der Waals surface area contributed by atoms with Gasteiger partial charge in [0.1, 0.15) is 0 Å². The smallest absolute Gasteiger partial charge is 0.225 e. The van der Waals surface area contributed by atoms with Gasteiger partial charge >= 0.3 is 0 Å². The topological polar surface area (TPSA) is 47.6 Å². The van der Waals surface area contributed by atoms with E-state index in [0.29, 0.717) is 18.8 Å². The maximum Gasteiger partial charge on any atom is 0.225 e. The summed E-state index contributed by atoms with van der Waals surface area (Å²) in [6.45, 7) is 6.50. The molecule has 1 heterocycles. The van der Waals surface area contributed by atoms with Crippen molar-refractivity contribution in [3.05, 3.63) is 64.1 Å². The standard InChI is InChI=1S/C24H24BrNO3/c1-4-28-22-11-15(9-10-21(22)29-14(2)3)18-13-23(27)26-24-17-8-6-5-7-16(17)20(25)12-19(18)24/h5-12,14,18H,4,13H2,1-3H3,(H,26,27)/t18-/m0/s1. The van der Waals surface area contributed by atoms with Gasteiger partial charge in [-0.15, -0.1) is 0 Å². The Morgan fingerprint density at radius 1 is 1.10 bits per heavy atom. The van der Waals surface area contributed by atoms with Crippen molar-refractivity contribution in [1.29, 1.82) is 0 Å². The Morgan fingerprint density at radius 3 is 2.59 bits per heavy atom. The number of amides is 1. The van der Waals surface area contributed by atoms with Crippen LogP contribution in [-0.2, 0) is 4.79 Å². The first-order chi connectivity index (χ1) is 14.0. The van der Waals surface area contributed by atoms with E-state index in [1.54, 1.807) is 0 Å². The van der Waals surface area contributed by atoms with Crippen LogP contribution in [0.4, 0.5) is 5.69 Å². The number of halogens is 1. The van der Waals surface area contributed by atoms with Crippen LogP contribution in [0.1, 0.15) is 44.2 Å². The molecule has 4 rings (SSSR count). The number of fused-ring (bicyclic) bond motifs is 3. The molecule has 0 spiro atoms. The highest BCUT2D eigenvalue weighted by atomic mass is 79.9. The normalized spacial score (nSPS) is 15.9.